The van der Waals surface area contributed by atoms with Gasteiger partial charge in [0, 0.05) is 13.1 Å². The number of ether oxygens (including phenoxy) is 1. The summed E-state index contributed by atoms with van der Waals surface area (Å²) in [5, 5.41) is 4.22. The lowest BCUT2D eigenvalue weighted by Crippen LogP contribution is -2.48. The van der Waals surface area contributed by atoms with Crippen LogP contribution in [-0.4, -0.2) is 49.8 Å². The van der Waals surface area contributed by atoms with Crippen molar-refractivity contribution in [2.75, 3.05) is 13.1 Å². The first-order chi connectivity index (χ1) is 18.3. The maximum absolute atomic E-state index is 13.9. The molecule has 1 aliphatic heterocycles. The van der Waals surface area contributed by atoms with Crippen LogP contribution >= 0.6 is 0 Å². The average molecular weight is 537 g/mol. The van der Waals surface area contributed by atoms with Crippen LogP contribution < -0.4 is 11.2 Å². The van der Waals surface area contributed by atoms with Crippen molar-refractivity contribution in [1.29, 1.82) is 0 Å². The van der Waals surface area contributed by atoms with Gasteiger partial charge in [0.25, 0.3) is 11.5 Å². The Hall–Kier alpha value is -4.08. The van der Waals surface area contributed by atoms with E-state index in [0.29, 0.717) is 24.1 Å². The van der Waals surface area contributed by atoms with Crippen LogP contribution in [0.25, 0.3) is 5.69 Å². The molecule has 9 nitrogen and oxygen atoms in total. The van der Waals surface area contributed by atoms with Crippen molar-refractivity contribution in [3.63, 3.8) is 0 Å². The van der Waals surface area contributed by atoms with Crippen molar-refractivity contribution < 1.29 is 18.7 Å². The van der Waals surface area contributed by atoms with Crippen molar-refractivity contribution in [2.45, 2.75) is 59.6 Å². The molecule has 4 rings (SSSR count). The quantitative estimate of drug-likeness (QED) is 0.463. The van der Waals surface area contributed by atoms with Gasteiger partial charge >= 0.3 is 11.7 Å². The minimum atomic E-state index is -0.858. The lowest BCUT2D eigenvalue weighted by atomic mass is 9.96. The molecule has 1 saturated heterocycles. The Bertz CT molecular complexity index is 1530. The number of rotatable bonds is 5. The second kappa shape index (κ2) is 11.0. The highest BCUT2D eigenvalue weighted by Gasteiger charge is 2.33. The Morgan fingerprint density at radius 3 is 2.33 bits per heavy atom. The van der Waals surface area contributed by atoms with Crippen LogP contribution in [-0.2, 0) is 16.1 Å². The highest BCUT2D eigenvalue weighted by Crippen LogP contribution is 2.22. The van der Waals surface area contributed by atoms with E-state index < -0.39 is 34.3 Å². The van der Waals surface area contributed by atoms with Crippen molar-refractivity contribution in [2.24, 2.45) is 5.92 Å². The Morgan fingerprint density at radius 2 is 1.72 bits per heavy atom. The van der Waals surface area contributed by atoms with Gasteiger partial charge < -0.3 is 9.64 Å². The molecule has 0 unspecified atom stereocenters. The van der Waals surface area contributed by atoms with Gasteiger partial charge in [0.15, 0.2) is 0 Å². The molecule has 0 spiro atoms. The molecule has 2 aromatic carbocycles. The SMILES string of the molecule is Cc1ccc(-n2nc(C(=O)N3CCC(C(=O)OC(C)(C)C)CC3)c(=O)n(Cc3cccc(F)c3)c2=O)cc1C. The summed E-state index contributed by atoms with van der Waals surface area (Å²) in [6.45, 7) is 9.44. The number of piperidine rings is 1. The zero-order valence-electron chi connectivity index (χ0n) is 22.9. The molecular weight excluding hydrogens is 503 g/mol. The van der Waals surface area contributed by atoms with Crippen LogP contribution in [0.15, 0.2) is 52.1 Å². The molecule has 3 aromatic rings. The number of amides is 1. The van der Waals surface area contributed by atoms with Gasteiger partial charge in [0.2, 0.25) is 5.69 Å². The number of benzene rings is 2. The number of halogens is 1. The van der Waals surface area contributed by atoms with Crippen LogP contribution in [0.2, 0.25) is 0 Å². The van der Waals surface area contributed by atoms with E-state index in [1.54, 1.807) is 39.0 Å². The topological polar surface area (TPSA) is 104 Å². The average Bonchev–Trinajstić information content (AvgIpc) is 2.87. The molecule has 0 bridgehead atoms. The number of carbonyl (C=O) groups is 2. The summed E-state index contributed by atoms with van der Waals surface area (Å²) in [5.41, 5.74) is 0.0711. The van der Waals surface area contributed by atoms with E-state index in [1.807, 2.05) is 19.9 Å². The minimum Gasteiger partial charge on any atom is -0.460 e. The third-order valence-corrected chi connectivity index (χ3v) is 6.75. The van der Waals surface area contributed by atoms with Gasteiger partial charge in [-0.3, -0.25) is 19.0 Å². The van der Waals surface area contributed by atoms with Crippen molar-refractivity contribution >= 4 is 11.9 Å². The van der Waals surface area contributed by atoms with Crippen LogP contribution in [0, 0.1) is 25.6 Å². The van der Waals surface area contributed by atoms with Crippen molar-refractivity contribution in [1.82, 2.24) is 19.2 Å². The Morgan fingerprint density at radius 1 is 1.03 bits per heavy atom. The predicted molar refractivity (Wildman–Crippen MR) is 144 cm³/mol. The maximum atomic E-state index is 13.9. The number of likely N-dealkylation sites (tertiary alicyclic amines) is 1. The number of hydrogen-bond acceptors (Lipinski definition) is 6. The standard InChI is InChI=1S/C29H33FN4O5/c1-18-9-10-23(15-19(18)2)34-28(38)33(17-20-7-6-8-22(30)16-20)26(36)24(31-34)25(35)32-13-11-21(12-14-32)27(37)39-29(3,4)5/h6-10,15-16,21H,11-14,17H2,1-5H3. The van der Waals surface area contributed by atoms with E-state index >= 15 is 0 Å². The normalized spacial score (nSPS) is 14.4. The number of aromatic nitrogens is 3. The minimum absolute atomic E-state index is 0.232. The summed E-state index contributed by atoms with van der Waals surface area (Å²) in [4.78, 5) is 54.4. The molecule has 10 heteroatoms. The number of nitrogens with zero attached hydrogens (tertiary/aromatic N) is 4. The summed E-state index contributed by atoms with van der Waals surface area (Å²) in [6, 6.07) is 10.8. The molecule has 206 valence electrons. The smallest absolute Gasteiger partial charge is 0.352 e. The second-order valence-electron chi connectivity index (χ2n) is 10.9. The van der Waals surface area contributed by atoms with E-state index in [4.69, 9.17) is 4.74 Å². The van der Waals surface area contributed by atoms with Crippen LogP contribution in [0.1, 0.15) is 60.8 Å². The van der Waals surface area contributed by atoms with Crippen LogP contribution in [0.3, 0.4) is 0 Å². The summed E-state index contributed by atoms with van der Waals surface area (Å²) in [6.07, 6.45) is 0.768. The van der Waals surface area contributed by atoms with Gasteiger partial charge in [-0.2, -0.15) is 9.78 Å². The zero-order valence-corrected chi connectivity index (χ0v) is 22.9. The number of esters is 1. The molecule has 1 aliphatic rings. The van der Waals surface area contributed by atoms with Gasteiger partial charge in [0.1, 0.15) is 11.4 Å². The van der Waals surface area contributed by atoms with Gasteiger partial charge in [0.05, 0.1) is 18.2 Å². The molecule has 1 fully saturated rings. The van der Waals surface area contributed by atoms with Gasteiger partial charge in [-0.25, -0.2) is 9.18 Å². The summed E-state index contributed by atoms with van der Waals surface area (Å²) < 4.78 is 21.3. The number of hydrogen-bond donors (Lipinski definition) is 0. The fourth-order valence-electron chi connectivity index (χ4n) is 4.48. The summed E-state index contributed by atoms with van der Waals surface area (Å²) >= 11 is 0. The van der Waals surface area contributed by atoms with Crippen LogP contribution in [0.5, 0.6) is 0 Å². The largest absolute Gasteiger partial charge is 0.460 e. The molecule has 39 heavy (non-hydrogen) atoms. The molecule has 0 radical (unpaired) electrons. The highest BCUT2D eigenvalue weighted by molar-refractivity contribution is 5.92. The summed E-state index contributed by atoms with van der Waals surface area (Å²) in [5.74, 6) is -1.80. The highest BCUT2D eigenvalue weighted by atomic mass is 19.1. The van der Waals surface area contributed by atoms with Crippen LogP contribution in [0.4, 0.5) is 4.39 Å². The number of carbonyl (C=O) groups excluding carboxylic acids is 2. The molecule has 0 saturated carbocycles. The Kier molecular flexibility index (Phi) is 7.85. The fourth-order valence-corrected chi connectivity index (χ4v) is 4.48. The molecule has 0 aliphatic carbocycles. The zero-order chi connectivity index (χ0) is 28.5. The molecular formula is C29H33FN4O5. The van der Waals surface area contributed by atoms with E-state index in [-0.39, 0.29) is 31.5 Å². The van der Waals surface area contributed by atoms with Crippen molar-refractivity contribution in [3.8, 4) is 5.69 Å². The third-order valence-electron chi connectivity index (χ3n) is 6.75. The summed E-state index contributed by atoms with van der Waals surface area (Å²) in [7, 11) is 0. The third kappa shape index (κ3) is 6.32. The monoisotopic (exact) mass is 536 g/mol. The predicted octanol–water partition coefficient (Wildman–Crippen LogP) is 3.39. The molecule has 0 N–H and O–H groups in total. The maximum Gasteiger partial charge on any atom is 0.352 e. The molecule has 1 amide bonds. The Balaban J connectivity index is 1.71. The Labute approximate surface area is 225 Å². The van der Waals surface area contributed by atoms with E-state index in [0.717, 1.165) is 20.4 Å². The first-order valence-corrected chi connectivity index (χ1v) is 12.9. The number of aryl methyl sites for hydroxylation is 2. The van der Waals surface area contributed by atoms with Crippen molar-refractivity contribution in [3.05, 3.63) is 91.5 Å². The first-order valence-electron chi connectivity index (χ1n) is 12.9. The van der Waals surface area contributed by atoms with E-state index in [2.05, 4.69) is 5.10 Å². The molecule has 1 aromatic heterocycles. The first kappa shape index (κ1) is 27.9. The second-order valence-corrected chi connectivity index (χ2v) is 10.9. The van der Waals surface area contributed by atoms with E-state index in [9.17, 15) is 23.6 Å². The fraction of sp³-hybridized carbons (Fsp3) is 0.414. The van der Waals surface area contributed by atoms with Gasteiger partial charge in [-0.05, 0) is 88.4 Å². The molecule has 0 atom stereocenters. The lowest BCUT2D eigenvalue weighted by Gasteiger charge is -2.32. The van der Waals surface area contributed by atoms with Gasteiger partial charge in [-0.1, -0.05) is 18.2 Å². The molecule has 2 heterocycles. The lowest BCUT2D eigenvalue weighted by molar-refractivity contribution is -0.161. The van der Waals surface area contributed by atoms with Gasteiger partial charge in [-0.15, -0.1) is 0 Å². The van der Waals surface area contributed by atoms with E-state index in [1.165, 1.54) is 23.1 Å².